The van der Waals surface area contributed by atoms with E-state index in [9.17, 15) is 9.90 Å². The SMILES string of the molecule is CCC[C@H](CCO)[C@H](CO[Si](c1ccccc1)(c1ccccc1)C(C)(C)C)NC(=O)OC(C)(C)C. The smallest absolute Gasteiger partial charge is 0.407 e. The zero-order valence-corrected chi connectivity index (χ0v) is 23.6. The van der Waals surface area contributed by atoms with Gasteiger partial charge in [-0.05, 0) is 54.9 Å². The van der Waals surface area contributed by atoms with Crippen LogP contribution in [0.25, 0.3) is 0 Å². The third-order valence-corrected chi connectivity index (χ3v) is 11.3. The van der Waals surface area contributed by atoms with Crippen molar-refractivity contribution < 1.29 is 19.1 Å². The molecule has 0 saturated carbocycles. The Labute approximate surface area is 213 Å². The van der Waals surface area contributed by atoms with Crippen LogP contribution in [0, 0.1) is 5.92 Å². The molecule has 6 heteroatoms. The van der Waals surface area contributed by atoms with Crippen molar-refractivity contribution >= 4 is 24.8 Å². The number of aliphatic hydroxyl groups is 1. The van der Waals surface area contributed by atoms with Crippen LogP contribution in [0.3, 0.4) is 0 Å². The van der Waals surface area contributed by atoms with E-state index in [1.54, 1.807) is 0 Å². The molecule has 194 valence electrons. The maximum atomic E-state index is 12.8. The van der Waals surface area contributed by atoms with Crippen LogP contribution in [0.1, 0.15) is 67.7 Å². The summed E-state index contributed by atoms with van der Waals surface area (Å²) in [5.74, 6) is 0.0794. The number of alkyl carbamates (subject to hydrolysis) is 1. The standard InChI is InChI=1S/C29H45NO4Si/c1-8-15-23(20-21-31)26(30-27(32)34-28(2,3)4)22-33-35(29(5,6)7,24-16-11-9-12-17-24)25-18-13-10-14-19-25/h9-14,16-19,23,26,31H,8,15,20-22H2,1-7H3,(H,30,32)/t23-,26+/m1/s1. The predicted octanol–water partition coefficient (Wildman–Crippen LogP) is 5.26. The highest BCUT2D eigenvalue weighted by molar-refractivity contribution is 6.99. The maximum Gasteiger partial charge on any atom is 0.407 e. The molecule has 2 rings (SSSR count). The van der Waals surface area contributed by atoms with Gasteiger partial charge in [-0.2, -0.15) is 0 Å². The van der Waals surface area contributed by atoms with E-state index in [4.69, 9.17) is 9.16 Å². The number of benzene rings is 2. The Hall–Kier alpha value is -2.15. The van der Waals surface area contributed by atoms with Crippen LogP contribution < -0.4 is 15.7 Å². The Bertz CT molecular complexity index is 845. The van der Waals surface area contributed by atoms with Gasteiger partial charge >= 0.3 is 6.09 Å². The molecule has 0 aliphatic rings. The Balaban J connectivity index is 2.51. The second kappa shape index (κ2) is 12.7. The van der Waals surface area contributed by atoms with Crippen molar-refractivity contribution in [3.63, 3.8) is 0 Å². The Morgan fingerprint density at radius 2 is 1.43 bits per heavy atom. The van der Waals surface area contributed by atoms with Gasteiger partial charge in [0, 0.05) is 6.61 Å². The fourth-order valence-corrected chi connectivity index (χ4v) is 9.40. The molecule has 0 fully saturated rings. The van der Waals surface area contributed by atoms with Crippen molar-refractivity contribution in [2.24, 2.45) is 5.92 Å². The van der Waals surface area contributed by atoms with Gasteiger partial charge in [-0.1, -0.05) is 94.8 Å². The molecule has 2 aromatic carbocycles. The highest BCUT2D eigenvalue weighted by Crippen LogP contribution is 2.37. The number of rotatable bonds is 11. The fourth-order valence-electron chi connectivity index (χ4n) is 4.81. The highest BCUT2D eigenvalue weighted by atomic mass is 28.4. The first-order chi connectivity index (χ1) is 16.4. The van der Waals surface area contributed by atoms with Gasteiger partial charge in [-0.15, -0.1) is 0 Å². The highest BCUT2D eigenvalue weighted by Gasteiger charge is 2.50. The predicted molar refractivity (Wildman–Crippen MR) is 147 cm³/mol. The van der Waals surface area contributed by atoms with E-state index < -0.39 is 20.0 Å². The third kappa shape index (κ3) is 7.92. The molecule has 2 atom stereocenters. The molecule has 2 N–H and O–H groups in total. The first-order valence-electron chi connectivity index (χ1n) is 12.8. The average molecular weight is 500 g/mol. The van der Waals surface area contributed by atoms with Crippen molar-refractivity contribution in [1.82, 2.24) is 5.32 Å². The van der Waals surface area contributed by atoms with Crippen LogP contribution in [0.4, 0.5) is 4.79 Å². The number of hydrogen-bond donors (Lipinski definition) is 2. The van der Waals surface area contributed by atoms with Crippen molar-refractivity contribution in [3.8, 4) is 0 Å². The minimum Gasteiger partial charge on any atom is -0.444 e. The molecular formula is C29H45NO4Si. The second-order valence-corrected chi connectivity index (χ2v) is 15.6. The Kier molecular flexibility index (Phi) is 10.6. The maximum absolute atomic E-state index is 12.8. The summed E-state index contributed by atoms with van der Waals surface area (Å²) in [4.78, 5) is 12.8. The summed E-state index contributed by atoms with van der Waals surface area (Å²) in [6, 6.07) is 20.7. The molecular weight excluding hydrogens is 454 g/mol. The number of carbonyl (C=O) groups is 1. The molecule has 0 aliphatic carbocycles. The van der Waals surface area contributed by atoms with Crippen molar-refractivity contribution in [2.45, 2.75) is 84.4 Å². The van der Waals surface area contributed by atoms with Gasteiger partial charge in [0.05, 0.1) is 12.6 Å². The summed E-state index contributed by atoms with van der Waals surface area (Å²) in [5.41, 5.74) is -0.593. The molecule has 0 aliphatic heterocycles. The van der Waals surface area contributed by atoms with Crippen LogP contribution >= 0.6 is 0 Å². The van der Waals surface area contributed by atoms with Crippen molar-refractivity contribution in [1.29, 1.82) is 0 Å². The number of hydrogen-bond acceptors (Lipinski definition) is 4. The summed E-state index contributed by atoms with van der Waals surface area (Å²) >= 11 is 0. The lowest BCUT2D eigenvalue weighted by Gasteiger charge is -2.44. The van der Waals surface area contributed by atoms with Gasteiger partial charge in [-0.25, -0.2) is 4.79 Å². The molecule has 2 aromatic rings. The molecule has 0 aromatic heterocycles. The number of ether oxygens (including phenoxy) is 1. The lowest BCUT2D eigenvalue weighted by atomic mass is 9.92. The zero-order chi connectivity index (χ0) is 26.1. The lowest BCUT2D eigenvalue weighted by molar-refractivity contribution is 0.0446. The molecule has 35 heavy (non-hydrogen) atoms. The number of nitrogens with one attached hydrogen (secondary N) is 1. The minimum absolute atomic E-state index is 0.0659. The molecule has 0 saturated heterocycles. The molecule has 0 unspecified atom stereocenters. The Morgan fingerprint density at radius 1 is 0.914 bits per heavy atom. The molecule has 0 spiro atoms. The fraction of sp³-hybridized carbons (Fsp3) is 0.552. The Morgan fingerprint density at radius 3 is 1.83 bits per heavy atom. The van der Waals surface area contributed by atoms with E-state index in [1.807, 2.05) is 32.9 Å². The molecule has 0 heterocycles. The largest absolute Gasteiger partial charge is 0.444 e. The topological polar surface area (TPSA) is 67.8 Å². The van der Waals surface area contributed by atoms with E-state index >= 15 is 0 Å². The van der Waals surface area contributed by atoms with Gasteiger partial charge in [0.15, 0.2) is 0 Å². The normalized spacial score (nSPS) is 14.3. The van der Waals surface area contributed by atoms with E-state index in [2.05, 4.69) is 81.5 Å². The van der Waals surface area contributed by atoms with Gasteiger partial charge in [0.25, 0.3) is 8.32 Å². The van der Waals surface area contributed by atoms with E-state index in [-0.39, 0.29) is 23.6 Å². The van der Waals surface area contributed by atoms with Crippen LogP contribution in [-0.2, 0) is 9.16 Å². The average Bonchev–Trinajstić information content (AvgIpc) is 2.78. The van der Waals surface area contributed by atoms with Crippen LogP contribution in [0.15, 0.2) is 60.7 Å². The van der Waals surface area contributed by atoms with E-state index in [0.717, 1.165) is 12.8 Å². The van der Waals surface area contributed by atoms with Crippen molar-refractivity contribution in [2.75, 3.05) is 13.2 Å². The second-order valence-electron chi connectivity index (χ2n) is 11.3. The minimum atomic E-state index is -2.76. The summed E-state index contributed by atoms with van der Waals surface area (Å²) < 4.78 is 12.7. The van der Waals surface area contributed by atoms with E-state index in [1.165, 1.54) is 10.4 Å². The molecule has 5 nitrogen and oxygen atoms in total. The van der Waals surface area contributed by atoms with Crippen LogP contribution in [0.2, 0.25) is 5.04 Å². The number of amides is 1. The van der Waals surface area contributed by atoms with E-state index in [0.29, 0.717) is 13.0 Å². The molecule has 1 amide bonds. The summed E-state index contributed by atoms with van der Waals surface area (Å²) in [6.07, 6.45) is 1.98. The van der Waals surface area contributed by atoms with Crippen LogP contribution in [0.5, 0.6) is 0 Å². The quantitative estimate of drug-likeness (QED) is 0.414. The first-order valence-corrected chi connectivity index (χ1v) is 14.7. The summed E-state index contributed by atoms with van der Waals surface area (Å²) in [5, 5.41) is 15.1. The summed E-state index contributed by atoms with van der Waals surface area (Å²) in [7, 11) is -2.76. The first kappa shape index (κ1) is 29.1. The van der Waals surface area contributed by atoms with Crippen molar-refractivity contribution in [3.05, 3.63) is 60.7 Å². The van der Waals surface area contributed by atoms with Crippen LogP contribution in [-0.4, -0.2) is 44.4 Å². The van der Waals surface area contributed by atoms with Gasteiger partial charge in [0.2, 0.25) is 0 Å². The van der Waals surface area contributed by atoms with Gasteiger partial charge in [-0.3, -0.25) is 0 Å². The third-order valence-electron chi connectivity index (χ3n) is 6.33. The van der Waals surface area contributed by atoms with Gasteiger partial charge in [0.1, 0.15) is 5.60 Å². The summed E-state index contributed by atoms with van der Waals surface area (Å²) in [6.45, 7) is 14.8. The number of carbonyl (C=O) groups excluding carboxylic acids is 1. The van der Waals surface area contributed by atoms with Gasteiger partial charge < -0.3 is 19.6 Å². The zero-order valence-electron chi connectivity index (χ0n) is 22.6. The monoisotopic (exact) mass is 499 g/mol. The molecule has 0 radical (unpaired) electrons. The lowest BCUT2D eigenvalue weighted by Crippen LogP contribution is -2.67. The number of aliphatic hydroxyl groups excluding tert-OH is 1. The molecule has 0 bridgehead atoms.